The summed E-state index contributed by atoms with van der Waals surface area (Å²) in [7, 11) is 0. The Labute approximate surface area is 201 Å². The maximum absolute atomic E-state index is 12.6. The number of benzene rings is 2. The zero-order valence-corrected chi connectivity index (χ0v) is 19.4. The summed E-state index contributed by atoms with van der Waals surface area (Å²) in [5.41, 5.74) is 2.58. The lowest BCUT2D eigenvalue weighted by molar-refractivity contribution is -0.138. The molecule has 1 aliphatic rings. The van der Waals surface area contributed by atoms with Gasteiger partial charge in [0, 0.05) is 12.0 Å². The van der Waals surface area contributed by atoms with Gasteiger partial charge in [-0.05, 0) is 60.8 Å². The molecule has 0 saturated heterocycles. The van der Waals surface area contributed by atoms with E-state index in [4.69, 9.17) is 5.11 Å². The summed E-state index contributed by atoms with van der Waals surface area (Å²) in [6.45, 7) is 0. The van der Waals surface area contributed by atoms with Crippen LogP contribution in [-0.4, -0.2) is 33.1 Å². The Bertz CT molecular complexity index is 1140. The van der Waals surface area contributed by atoms with Gasteiger partial charge in [0.2, 0.25) is 16.2 Å². The zero-order chi connectivity index (χ0) is 23.9. The first-order chi connectivity index (χ1) is 16.5. The molecule has 0 atom stereocenters. The monoisotopic (exact) mass is 478 g/mol. The topological polar surface area (TPSA) is 121 Å². The third kappa shape index (κ3) is 6.48. The molecule has 2 aromatic carbocycles. The zero-order valence-electron chi connectivity index (χ0n) is 18.6. The highest BCUT2D eigenvalue weighted by atomic mass is 32.1. The molecular formula is C25H26N4O4S. The second-order valence-electron chi connectivity index (χ2n) is 8.51. The number of hydrogen-bond donors (Lipinski definition) is 3. The van der Waals surface area contributed by atoms with E-state index in [1.54, 1.807) is 12.1 Å². The molecular weight excluding hydrogens is 452 g/mol. The van der Waals surface area contributed by atoms with Crippen molar-refractivity contribution >= 4 is 39.4 Å². The third-order valence-electron chi connectivity index (χ3n) is 6.05. The van der Waals surface area contributed by atoms with E-state index in [1.807, 2.05) is 42.5 Å². The summed E-state index contributed by atoms with van der Waals surface area (Å²) in [6.07, 6.45) is 4.24. The van der Waals surface area contributed by atoms with E-state index >= 15 is 0 Å². The lowest BCUT2D eigenvalue weighted by atomic mass is 9.77. The molecule has 176 valence electrons. The van der Waals surface area contributed by atoms with Crippen molar-refractivity contribution < 1.29 is 19.5 Å². The van der Waals surface area contributed by atoms with Crippen LogP contribution in [0.3, 0.4) is 0 Å². The lowest BCUT2D eigenvalue weighted by Crippen LogP contribution is -2.16. The number of aliphatic carboxylic acids is 1. The second-order valence-corrected chi connectivity index (χ2v) is 9.49. The van der Waals surface area contributed by atoms with Crippen LogP contribution in [0.2, 0.25) is 0 Å². The standard InChI is InChI=1S/C25H26N4O4S/c30-21(14-16-4-2-1-3-5-16)26-24-28-29-25(34-24)27-23(33)20-12-10-19(11-13-20)18-8-6-17(7-9-18)15-22(31)32/h1-5,10-13,17-18H,6-9,14-15H2,(H,31,32)(H,26,28,30)(H,27,29,33). The molecule has 3 aromatic rings. The largest absolute Gasteiger partial charge is 0.481 e. The molecule has 0 unspecified atom stereocenters. The Balaban J connectivity index is 1.27. The predicted octanol–water partition coefficient (Wildman–Crippen LogP) is 4.72. The molecule has 34 heavy (non-hydrogen) atoms. The van der Waals surface area contributed by atoms with Crippen LogP contribution in [0, 0.1) is 5.92 Å². The molecule has 1 fully saturated rings. The average molecular weight is 479 g/mol. The summed E-state index contributed by atoms with van der Waals surface area (Å²) in [5, 5.41) is 22.9. The quantitative estimate of drug-likeness (QED) is 0.431. The molecule has 1 aromatic heterocycles. The SMILES string of the molecule is O=C(O)CC1CCC(c2ccc(C(=O)Nc3nnc(NC(=O)Cc4ccccc4)s3)cc2)CC1. The van der Waals surface area contributed by atoms with Crippen molar-refractivity contribution in [3.8, 4) is 0 Å². The van der Waals surface area contributed by atoms with Crippen LogP contribution in [0.15, 0.2) is 54.6 Å². The lowest BCUT2D eigenvalue weighted by Gasteiger charge is -2.28. The molecule has 1 heterocycles. The fraction of sp³-hybridized carbons (Fsp3) is 0.320. The second kappa shape index (κ2) is 11.0. The number of anilines is 2. The number of hydrogen-bond acceptors (Lipinski definition) is 6. The average Bonchev–Trinajstić information content (AvgIpc) is 3.26. The number of nitrogens with one attached hydrogen (secondary N) is 2. The Kier molecular flexibility index (Phi) is 7.64. The number of rotatable bonds is 8. The first kappa shape index (κ1) is 23.6. The van der Waals surface area contributed by atoms with Crippen molar-refractivity contribution in [1.82, 2.24) is 10.2 Å². The van der Waals surface area contributed by atoms with Gasteiger partial charge in [0.1, 0.15) is 0 Å². The molecule has 1 saturated carbocycles. The molecule has 3 N–H and O–H groups in total. The predicted molar refractivity (Wildman–Crippen MR) is 130 cm³/mol. The normalized spacial score (nSPS) is 17.6. The smallest absolute Gasteiger partial charge is 0.303 e. The van der Waals surface area contributed by atoms with Gasteiger partial charge in [-0.15, -0.1) is 10.2 Å². The minimum atomic E-state index is -0.726. The van der Waals surface area contributed by atoms with Gasteiger partial charge in [0.05, 0.1) is 6.42 Å². The molecule has 9 heteroatoms. The Morgan fingerprint density at radius 1 is 0.882 bits per heavy atom. The number of carboxylic acids is 1. The first-order valence-corrected chi connectivity index (χ1v) is 12.1. The van der Waals surface area contributed by atoms with Crippen LogP contribution < -0.4 is 10.6 Å². The third-order valence-corrected chi connectivity index (χ3v) is 6.81. The summed E-state index contributed by atoms with van der Waals surface area (Å²) in [5.74, 6) is -0.565. The van der Waals surface area contributed by atoms with Crippen molar-refractivity contribution in [2.24, 2.45) is 5.92 Å². The first-order valence-electron chi connectivity index (χ1n) is 11.3. The molecule has 0 bridgehead atoms. The van der Waals surface area contributed by atoms with Gasteiger partial charge in [-0.3, -0.25) is 19.7 Å². The van der Waals surface area contributed by atoms with E-state index in [1.165, 1.54) is 5.56 Å². The van der Waals surface area contributed by atoms with E-state index in [0.717, 1.165) is 42.6 Å². The maximum Gasteiger partial charge on any atom is 0.303 e. The Morgan fingerprint density at radius 2 is 1.53 bits per heavy atom. The van der Waals surface area contributed by atoms with Gasteiger partial charge in [-0.1, -0.05) is 53.8 Å². The summed E-state index contributed by atoms with van der Waals surface area (Å²) < 4.78 is 0. The summed E-state index contributed by atoms with van der Waals surface area (Å²) >= 11 is 1.10. The van der Waals surface area contributed by atoms with Gasteiger partial charge in [-0.25, -0.2) is 0 Å². The van der Waals surface area contributed by atoms with Crippen LogP contribution in [0.5, 0.6) is 0 Å². The highest BCUT2D eigenvalue weighted by molar-refractivity contribution is 7.19. The van der Waals surface area contributed by atoms with Gasteiger partial charge >= 0.3 is 5.97 Å². The van der Waals surface area contributed by atoms with Crippen molar-refractivity contribution in [2.75, 3.05) is 10.6 Å². The fourth-order valence-corrected chi connectivity index (χ4v) is 4.95. The molecule has 8 nitrogen and oxygen atoms in total. The fourth-order valence-electron chi connectivity index (χ4n) is 4.29. The van der Waals surface area contributed by atoms with E-state index in [9.17, 15) is 14.4 Å². The Hall–Kier alpha value is -3.59. The molecule has 2 amide bonds. The number of amides is 2. The molecule has 0 spiro atoms. The minimum absolute atomic E-state index is 0.201. The Morgan fingerprint density at radius 3 is 2.18 bits per heavy atom. The summed E-state index contributed by atoms with van der Waals surface area (Å²) in [4.78, 5) is 35.7. The van der Waals surface area contributed by atoms with Crippen molar-refractivity contribution in [2.45, 2.75) is 44.4 Å². The molecule has 0 aliphatic heterocycles. The number of aromatic nitrogens is 2. The highest BCUT2D eigenvalue weighted by Gasteiger charge is 2.24. The number of carbonyl (C=O) groups excluding carboxylic acids is 2. The number of nitrogens with zero attached hydrogens (tertiary/aromatic N) is 2. The number of carboxylic acid groups (broad SMARTS) is 1. The van der Waals surface area contributed by atoms with Crippen LogP contribution in [-0.2, 0) is 16.0 Å². The highest BCUT2D eigenvalue weighted by Crippen LogP contribution is 2.37. The van der Waals surface area contributed by atoms with E-state index in [2.05, 4.69) is 20.8 Å². The minimum Gasteiger partial charge on any atom is -0.481 e. The summed E-state index contributed by atoms with van der Waals surface area (Å²) in [6, 6.07) is 16.9. The van der Waals surface area contributed by atoms with E-state index in [0.29, 0.717) is 21.7 Å². The van der Waals surface area contributed by atoms with E-state index in [-0.39, 0.29) is 30.6 Å². The van der Waals surface area contributed by atoms with E-state index < -0.39 is 5.97 Å². The molecule has 1 aliphatic carbocycles. The molecule has 0 radical (unpaired) electrons. The van der Waals surface area contributed by atoms with Crippen LogP contribution in [0.25, 0.3) is 0 Å². The van der Waals surface area contributed by atoms with Crippen molar-refractivity contribution in [1.29, 1.82) is 0 Å². The van der Waals surface area contributed by atoms with Crippen LogP contribution >= 0.6 is 11.3 Å². The maximum atomic E-state index is 12.6. The van der Waals surface area contributed by atoms with Crippen LogP contribution in [0.1, 0.15) is 59.5 Å². The number of carbonyl (C=O) groups is 3. The van der Waals surface area contributed by atoms with Crippen molar-refractivity contribution in [3.05, 3.63) is 71.3 Å². The van der Waals surface area contributed by atoms with Gasteiger partial charge < -0.3 is 10.4 Å². The van der Waals surface area contributed by atoms with Crippen molar-refractivity contribution in [3.63, 3.8) is 0 Å². The van der Waals surface area contributed by atoms with Gasteiger partial charge in [-0.2, -0.15) is 0 Å². The van der Waals surface area contributed by atoms with Gasteiger partial charge in [0.25, 0.3) is 5.91 Å². The van der Waals surface area contributed by atoms with Gasteiger partial charge in [0.15, 0.2) is 0 Å². The molecule has 4 rings (SSSR count). The van der Waals surface area contributed by atoms with Crippen LogP contribution in [0.4, 0.5) is 10.3 Å².